The zero-order chi connectivity index (χ0) is 59.1. The number of hydrogen-bond acceptors (Lipinski definition) is 4. The zero-order valence-electron chi connectivity index (χ0n) is 52.6. The van der Waals surface area contributed by atoms with E-state index in [0.717, 1.165) is 72.9 Å². The molecule has 3 heterocycles. The number of nitrogens with zero attached hydrogens (tertiary/aromatic N) is 3. The molecule has 9 aromatic carbocycles. The highest BCUT2D eigenvalue weighted by molar-refractivity contribution is 7.00. The van der Waals surface area contributed by atoms with Crippen LogP contribution in [0.1, 0.15) is 158 Å². The minimum atomic E-state index is -0.200. The normalized spacial score (nSPS) is 13.8. The van der Waals surface area contributed by atoms with Gasteiger partial charge in [0.1, 0.15) is 11.2 Å². The summed E-state index contributed by atoms with van der Waals surface area (Å²) in [5, 5.41) is 2.24. The lowest BCUT2D eigenvalue weighted by molar-refractivity contribution is 0.590. The van der Waals surface area contributed by atoms with E-state index in [9.17, 15) is 0 Å². The van der Waals surface area contributed by atoms with Gasteiger partial charge in [0.05, 0.1) is 5.69 Å². The first-order chi connectivity index (χ1) is 38.9. The van der Waals surface area contributed by atoms with E-state index in [0.29, 0.717) is 0 Å². The van der Waals surface area contributed by atoms with E-state index in [-0.39, 0.29) is 39.2 Å². The van der Waals surface area contributed by atoms with E-state index in [1.807, 2.05) is 0 Å². The van der Waals surface area contributed by atoms with E-state index in [1.165, 1.54) is 61.1 Å². The Bertz CT molecular complexity index is 4060. The summed E-state index contributed by atoms with van der Waals surface area (Å²) in [5.41, 5.74) is 25.4. The molecule has 0 fully saturated rings. The monoisotopic (exact) mass is 1090 g/mol. The van der Waals surface area contributed by atoms with Crippen molar-refractivity contribution in [2.45, 2.75) is 157 Å². The Balaban J connectivity index is 1.26. The molecule has 12 rings (SSSR count). The van der Waals surface area contributed by atoms with Gasteiger partial charge in [-0.15, -0.1) is 0 Å². The molecule has 420 valence electrons. The first kappa shape index (κ1) is 55.8. The molecular formula is C78H84BN3O. The van der Waals surface area contributed by atoms with Crippen LogP contribution in [0, 0.1) is 0 Å². The number of benzene rings is 9. The molecule has 2 aliphatic rings. The molecule has 0 spiro atoms. The molecule has 2 aliphatic heterocycles. The fourth-order valence-corrected chi connectivity index (χ4v) is 12.7. The Kier molecular flexibility index (Phi) is 13.0. The third-order valence-corrected chi connectivity index (χ3v) is 17.8. The van der Waals surface area contributed by atoms with Gasteiger partial charge in [0, 0.05) is 67.4 Å². The van der Waals surface area contributed by atoms with Crippen LogP contribution < -0.4 is 31.1 Å². The summed E-state index contributed by atoms with van der Waals surface area (Å²) in [4.78, 5) is 7.72. The second-order valence-electron chi connectivity index (χ2n) is 30.0. The van der Waals surface area contributed by atoms with Crippen molar-refractivity contribution < 1.29 is 4.42 Å². The molecule has 0 atom stereocenters. The van der Waals surface area contributed by atoms with Crippen LogP contribution in [0.2, 0.25) is 0 Å². The molecule has 0 saturated heterocycles. The predicted molar refractivity (Wildman–Crippen MR) is 360 cm³/mol. The molecule has 0 N–H and O–H groups in total. The van der Waals surface area contributed by atoms with Crippen LogP contribution in [0.25, 0.3) is 33.1 Å². The highest BCUT2D eigenvalue weighted by Crippen LogP contribution is 2.52. The van der Waals surface area contributed by atoms with Crippen molar-refractivity contribution >= 4 is 96.2 Å². The molecule has 83 heavy (non-hydrogen) atoms. The van der Waals surface area contributed by atoms with Crippen molar-refractivity contribution in [3.63, 3.8) is 0 Å². The third-order valence-electron chi connectivity index (χ3n) is 17.8. The van der Waals surface area contributed by atoms with Crippen LogP contribution >= 0.6 is 0 Å². The Morgan fingerprint density at radius 2 is 0.771 bits per heavy atom. The third kappa shape index (κ3) is 9.86. The molecule has 0 aliphatic carbocycles. The standard InChI is InChI=1S/C78H84BN3O/c1-73(2,3)49-26-35-55(36-27-49)80(56-37-28-50(29-38-56)74(4,5)6)59-47-67-70-68(48-59)82(58-41-32-52(33-42-58)76(10,11)12)71-63(62-24-21-23-61-60-22-19-20-25-69(60)83-72(61)62)44-54(78(16,17)18)46-65(71)79(70)64-45-53(77(13,14)15)34-43-66(64)81(67)57-39-30-51(31-40-57)75(7,8)9/h19-48H,1-18H3. The topological polar surface area (TPSA) is 22.9 Å². The van der Waals surface area contributed by atoms with Gasteiger partial charge in [0.15, 0.2) is 0 Å². The summed E-state index contributed by atoms with van der Waals surface area (Å²) in [6.45, 7) is 41.7. The number of hydrogen-bond donors (Lipinski definition) is 0. The van der Waals surface area contributed by atoms with Gasteiger partial charge < -0.3 is 19.1 Å². The second-order valence-corrected chi connectivity index (χ2v) is 30.0. The van der Waals surface area contributed by atoms with Gasteiger partial charge in [-0.3, -0.25) is 0 Å². The lowest BCUT2D eigenvalue weighted by Gasteiger charge is -2.46. The maximum absolute atomic E-state index is 7.08. The Morgan fingerprint density at radius 1 is 0.337 bits per heavy atom. The van der Waals surface area contributed by atoms with Crippen molar-refractivity contribution in [2.75, 3.05) is 14.7 Å². The second kappa shape index (κ2) is 19.4. The average Bonchev–Trinajstić information content (AvgIpc) is 0.969. The largest absolute Gasteiger partial charge is 0.455 e. The maximum atomic E-state index is 7.08. The van der Waals surface area contributed by atoms with Gasteiger partial charge in [0.25, 0.3) is 6.71 Å². The van der Waals surface area contributed by atoms with Gasteiger partial charge in [-0.05, 0) is 161 Å². The Morgan fingerprint density at radius 3 is 1.28 bits per heavy atom. The van der Waals surface area contributed by atoms with Crippen LogP contribution in [-0.2, 0) is 32.5 Å². The summed E-state index contributed by atoms with van der Waals surface area (Å²) in [6, 6.07) is 70.2. The van der Waals surface area contributed by atoms with Crippen molar-refractivity contribution in [2.24, 2.45) is 0 Å². The van der Waals surface area contributed by atoms with Crippen molar-refractivity contribution in [3.8, 4) is 11.1 Å². The smallest absolute Gasteiger partial charge is 0.252 e. The zero-order valence-corrected chi connectivity index (χ0v) is 52.6. The van der Waals surface area contributed by atoms with Gasteiger partial charge >= 0.3 is 0 Å². The summed E-state index contributed by atoms with van der Waals surface area (Å²) >= 11 is 0. The van der Waals surface area contributed by atoms with Crippen molar-refractivity contribution in [1.82, 2.24) is 0 Å². The van der Waals surface area contributed by atoms with Crippen molar-refractivity contribution in [1.29, 1.82) is 0 Å². The molecular weight excluding hydrogens is 1010 g/mol. The fourth-order valence-electron chi connectivity index (χ4n) is 12.7. The number of para-hydroxylation sites is 2. The predicted octanol–water partition coefficient (Wildman–Crippen LogP) is 20.6. The molecule has 0 unspecified atom stereocenters. The van der Waals surface area contributed by atoms with Gasteiger partial charge in [0.2, 0.25) is 0 Å². The summed E-state index contributed by atoms with van der Waals surface area (Å²) in [5.74, 6) is 0. The lowest BCUT2D eigenvalue weighted by atomic mass is 9.33. The SMILES string of the molecule is CC(C)(C)c1ccc(N(c2ccc(C(C)(C)C)cc2)c2cc3c4c(c2)N(c2ccc(C(C)(C)C)cc2)c2c(cc(C(C)(C)C)cc2-c2cccc5c2oc2ccccc25)B4c2cc(C(C)(C)C)ccc2N3c2ccc(C(C)(C)C)cc2)cc1. The van der Waals surface area contributed by atoms with Gasteiger partial charge in [-0.25, -0.2) is 0 Å². The highest BCUT2D eigenvalue weighted by atomic mass is 16.3. The number of furan rings is 1. The number of rotatable bonds is 6. The summed E-state index contributed by atoms with van der Waals surface area (Å²) in [7, 11) is 0. The van der Waals surface area contributed by atoms with Crippen LogP contribution in [-0.4, -0.2) is 6.71 Å². The quantitative estimate of drug-likeness (QED) is 0.155. The molecule has 4 nitrogen and oxygen atoms in total. The van der Waals surface area contributed by atoms with Crippen LogP contribution in [0.3, 0.4) is 0 Å². The van der Waals surface area contributed by atoms with Gasteiger partial charge in [-0.1, -0.05) is 228 Å². The maximum Gasteiger partial charge on any atom is 0.252 e. The Labute approximate surface area is 496 Å². The summed E-state index contributed by atoms with van der Waals surface area (Å²) in [6.07, 6.45) is 0. The van der Waals surface area contributed by atoms with Crippen LogP contribution in [0.4, 0.5) is 51.2 Å². The Hall–Kier alpha value is -7.76. The van der Waals surface area contributed by atoms with E-state index >= 15 is 0 Å². The van der Waals surface area contributed by atoms with E-state index < -0.39 is 0 Å². The fraction of sp³-hybridized carbons (Fsp3) is 0.308. The van der Waals surface area contributed by atoms with Crippen molar-refractivity contribution in [3.05, 3.63) is 215 Å². The molecule has 5 heteroatoms. The average molecular weight is 1090 g/mol. The van der Waals surface area contributed by atoms with E-state index in [1.54, 1.807) is 0 Å². The van der Waals surface area contributed by atoms with E-state index in [4.69, 9.17) is 4.42 Å². The lowest BCUT2D eigenvalue weighted by Crippen LogP contribution is -2.62. The van der Waals surface area contributed by atoms with E-state index in [2.05, 4.69) is 321 Å². The first-order valence-corrected chi connectivity index (χ1v) is 30.2. The minimum Gasteiger partial charge on any atom is -0.455 e. The molecule has 1 aromatic heterocycles. The van der Waals surface area contributed by atoms with Crippen LogP contribution in [0.5, 0.6) is 0 Å². The van der Waals surface area contributed by atoms with Crippen LogP contribution in [0.15, 0.2) is 186 Å². The minimum absolute atomic E-state index is 0.0142. The molecule has 10 aromatic rings. The highest BCUT2D eigenvalue weighted by Gasteiger charge is 2.46. The molecule has 0 bridgehead atoms. The number of fused-ring (bicyclic) bond motifs is 7. The number of anilines is 9. The molecule has 0 radical (unpaired) electrons. The summed E-state index contributed by atoms with van der Waals surface area (Å²) < 4.78 is 7.08. The first-order valence-electron chi connectivity index (χ1n) is 30.2. The molecule has 0 saturated carbocycles. The molecule has 0 amide bonds. The van der Waals surface area contributed by atoms with Gasteiger partial charge in [-0.2, -0.15) is 0 Å².